The fraction of sp³-hybridized carbons (Fsp3) is 0.875. The molecule has 0 spiro atoms. The minimum absolute atomic E-state index is 0. The first-order valence-corrected chi connectivity index (χ1v) is 5.27. The van der Waals surface area contributed by atoms with E-state index in [0.717, 1.165) is 12.5 Å². The Morgan fingerprint density at radius 3 is 2.38 bits per heavy atom. The number of hydrogen-bond donors (Lipinski definition) is 1. The number of hydrogen-bond acceptors (Lipinski definition) is 3. The molecule has 0 saturated carbocycles. The van der Waals surface area contributed by atoms with Crippen LogP contribution in [-0.4, -0.2) is 34.9 Å². The van der Waals surface area contributed by atoms with E-state index in [9.17, 15) is 0 Å². The number of fused-ring (bicyclic) bond motifs is 3. The summed E-state index contributed by atoms with van der Waals surface area (Å²) in [6.45, 7) is 3.68. The molecule has 3 fully saturated rings. The molecule has 3 rings (SSSR count). The van der Waals surface area contributed by atoms with Crippen LogP contribution in [-0.2, 0) is 12.6 Å². The Morgan fingerprint density at radius 2 is 2.00 bits per heavy atom. The zero-order valence-electron chi connectivity index (χ0n) is 7.95. The van der Waals surface area contributed by atoms with Crippen molar-refractivity contribution in [2.45, 2.75) is 18.9 Å². The standard InChI is InChI=1S/C8H14N2S2.Na/c11-8(12)9-7-5-10-3-1-6(7)2-4-10;/h6-7H,1-5H2,(H2,9,11,12);/q;+1/p-1/t7-;/m1./s1. The number of piperidine rings is 3. The van der Waals surface area contributed by atoms with Crippen molar-refractivity contribution in [3.63, 3.8) is 0 Å². The molecular weight excluding hydrogens is 211 g/mol. The van der Waals surface area contributed by atoms with Gasteiger partial charge < -0.3 is 35.1 Å². The average molecular weight is 224 g/mol. The van der Waals surface area contributed by atoms with Crippen LogP contribution >= 0.6 is 12.2 Å². The zero-order valence-corrected chi connectivity index (χ0v) is 11.6. The van der Waals surface area contributed by atoms with Crippen LogP contribution in [0.15, 0.2) is 0 Å². The first-order chi connectivity index (χ1) is 5.75. The summed E-state index contributed by atoms with van der Waals surface area (Å²) in [5.74, 6) is 0.816. The van der Waals surface area contributed by atoms with E-state index < -0.39 is 0 Å². The maximum atomic E-state index is 4.88. The van der Waals surface area contributed by atoms with E-state index >= 15 is 0 Å². The van der Waals surface area contributed by atoms with E-state index in [-0.39, 0.29) is 29.6 Å². The maximum absolute atomic E-state index is 4.88. The zero-order chi connectivity index (χ0) is 8.55. The van der Waals surface area contributed by atoms with Gasteiger partial charge in [0.05, 0.1) is 0 Å². The minimum atomic E-state index is 0. The third kappa shape index (κ3) is 3.01. The Balaban J connectivity index is 0.000000845. The van der Waals surface area contributed by atoms with Crippen LogP contribution < -0.4 is 34.9 Å². The van der Waals surface area contributed by atoms with Gasteiger partial charge in [0.1, 0.15) is 0 Å². The van der Waals surface area contributed by atoms with Crippen molar-refractivity contribution in [3.05, 3.63) is 0 Å². The number of nitrogens with zero attached hydrogens (tertiary/aromatic N) is 1. The average Bonchev–Trinajstić information content (AvgIpc) is 2.05. The summed E-state index contributed by atoms with van der Waals surface area (Å²) in [7, 11) is 0. The van der Waals surface area contributed by atoms with Gasteiger partial charge in [0.15, 0.2) is 0 Å². The molecule has 68 valence electrons. The van der Waals surface area contributed by atoms with E-state index in [4.69, 9.17) is 24.8 Å². The van der Waals surface area contributed by atoms with Crippen molar-refractivity contribution in [1.29, 1.82) is 0 Å². The van der Waals surface area contributed by atoms with E-state index in [1.54, 1.807) is 0 Å². The van der Waals surface area contributed by atoms with Crippen molar-refractivity contribution in [2.24, 2.45) is 5.92 Å². The largest absolute Gasteiger partial charge is 1.00 e. The monoisotopic (exact) mass is 224 g/mol. The Kier molecular flexibility index (Phi) is 4.89. The maximum Gasteiger partial charge on any atom is 1.00 e. The molecule has 0 aromatic heterocycles. The third-order valence-electron chi connectivity index (χ3n) is 2.96. The summed E-state index contributed by atoms with van der Waals surface area (Å²) < 4.78 is 0.536. The van der Waals surface area contributed by atoms with Gasteiger partial charge in [0.2, 0.25) is 0 Å². The van der Waals surface area contributed by atoms with Gasteiger partial charge in [0, 0.05) is 12.6 Å². The van der Waals surface area contributed by atoms with Crippen LogP contribution in [0, 0.1) is 5.92 Å². The van der Waals surface area contributed by atoms with Gasteiger partial charge in [-0.1, -0.05) is 4.32 Å². The number of rotatable bonds is 1. The van der Waals surface area contributed by atoms with Crippen molar-refractivity contribution in [3.8, 4) is 0 Å². The summed E-state index contributed by atoms with van der Waals surface area (Å²) in [5, 5.41) is 3.22. The fourth-order valence-corrected chi connectivity index (χ4v) is 2.58. The Bertz CT molecular complexity index is 193. The normalized spacial score (nSPS) is 36.5. The molecule has 2 bridgehead atoms. The van der Waals surface area contributed by atoms with Gasteiger partial charge in [-0.25, -0.2) is 0 Å². The molecule has 0 amide bonds. The predicted molar refractivity (Wildman–Crippen MR) is 56.1 cm³/mol. The van der Waals surface area contributed by atoms with Gasteiger partial charge in [-0.15, -0.1) is 0 Å². The van der Waals surface area contributed by atoms with Gasteiger partial charge >= 0.3 is 29.6 Å². The molecule has 0 radical (unpaired) electrons. The molecule has 5 heteroatoms. The Morgan fingerprint density at radius 1 is 1.38 bits per heavy atom. The van der Waals surface area contributed by atoms with Crippen LogP contribution in [0.4, 0.5) is 0 Å². The van der Waals surface area contributed by atoms with Crippen LogP contribution in [0.25, 0.3) is 0 Å². The molecule has 0 aliphatic carbocycles. The molecule has 3 heterocycles. The molecule has 3 aliphatic rings. The fourth-order valence-electron chi connectivity index (χ4n) is 2.28. The molecule has 1 N–H and O–H groups in total. The van der Waals surface area contributed by atoms with Crippen molar-refractivity contribution >= 4 is 29.2 Å². The van der Waals surface area contributed by atoms with E-state index in [1.165, 1.54) is 25.9 Å². The molecule has 2 nitrogen and oxygen atoms in total. The van der Waals surface area contributed by atoms with Gasteiger partial charge in [-0.3, -0.25) is 0 Å². The molecule has 1 atom stereocenters. The molecule has 0 aromatic carbocycles. The smallest absolute Gasteiger partial charge is 0.412 e. The Labute approximate surface area is 113 Å². The van der Waals surface area contributed by atoms with Crippen LogP contribution in [0.2, 0.25) is 0 Å². The molecular formula is C8H13N2NaS2. The third-order valence-corrected chi connectivity index (χ3v) is 3.20. The van der Waals surface area contributed by atoms with Gasteiger partial charge in [-0.2, -0.15) is 0 Å². The van der Waals surface area contributed by atoms with E-state index in [0.29, 0.717) is 10.4 Å². The van der Waals surface area contributed by atoms with E-state index in [2.05, 4.69) is 10.2 Å². The first-order valence-electron chi connectivity index (χ1n) is 4.45. The number of thiocarbonyl (C=S) groups is 1. The molecule has 0 unspecified atom stereocenters. The second-order valence-electron chi connectivity index (χ2n) is 3.68. The topological polar surface area (TPSA) is 15.3 Å². The van der Waals surface area contributed by atoms with Crippen LogP contribution in [0.3, 0.4) is 0 Å². The second-order valence-corrected chi connectivity index (χ2v) is 4.75. The first kappa shape index (κ1) is 12.1. The van der Waals surface area contributed by atoms with Crippen molar-refractivity contribution in [1.82, 2.24) is 10.2 Å². The number of nitrogens with one attached hydrogen (secondary N) is 1. The summed E-state index contributed by atoms with van der Waals surface area (Å²) in [4.78, 5) is 2.49. The molecule has 0 aromatic rings. The van der Waals surface area contributed by atoms with Gasteiger partial charge in [-0.05, 0) is 31.8 Å². The predicted octanol–water partition coefficient (Wildman–Crippen LogP) is -2.49. The molecule has 3 saturated heterocycles. The summed E-state index contributed by atoms with van der Waals surface area (Å²) >= 11 is 9.75. The summed E-state index contributed by atoms with van der Waals surface area (Å²) in [6.07, 6.45) is 2.63. The van der Waals surface area contributed by atoms with E-state index in [1.807, 2.05) is 0 Å². The quantitative estimate of drug-likeness (QED) is 0.301. The SMILES string of the molecule is S=C([S-])N[C@@H]1CN2CCC1CC2.[Na+]. The minimum Gasteiger partial charge on any atom is -0.412 e. The van der Waals surface area contributed by atoms with Crippen molar-refractivity contribution in [2.75, 3.05) is 19.6 Å². The summed E-state index contributed by atoms with van der Waals surface area (Å²) in [6, 6.07) is 0.539. The second kappa shape index (κ2) is 5.24. The van der Waals surface area contributed by atoms with Crippen LogP contribution in [0.5, 0.6) is 0 Å². The van der Waals surface area contributed by atoms with Gasteiger partial charge in [0.25, 0.3) is 0 Å². The van der Waals surface area contributed by atoms with Crippen LogP contribution in [0.1, 0.15) is 12.8 Å². The molecule has 3 aliphatic heterocycles. The van der Waals surface area contributed by atoms with Crippen molar-refractivity contribution < 1.29 is 29.6 Å². The Hall–Kier alpha value is 1.07. The molecule has 13 heavy (non-hydrogen) atoms. The summed E-state index contributed by atoms with van der Waals surface area (Å²) in [5.41, 5.74) is 0.